The molecule has 0 aromatic rings. The van der Waals surface area contributed by atoms with E-state index in [0.29, 0.717) is 19.5 Å². The molecule has 0 radical (unpaired) electrons. The third kappa shape index (κ3) is 4.87. The summed E-state index contributed by atoms with van der Waals surface area (Å²) < 4.78 is 0. The normalized spacial score (nSPS) is 12.4. The van der Waals surface area contributed by atoms with Crippen LogP contribution < -0.4 is 11.1 Å². The van der Waals surface area contributed by atoms with E-state index < -0.39 is 12.0 Å². The Morgan fingerprint density at radius 3 is 2.83 bits per heavy atom. The van der Waals surface area contributed by atoms with Gasteiger partial charge in [-0.05, 0) is 19.4 Å². The van der Waals surface area contributed by atoms with Crippen LogP contribution in [0.1, 0.15) is 12.8 Å². The minimum Gasteiger partial charge on any atom is -0.480 e. The number of carbonyl (C=O) groups is 1. The zero-order chi connectivity index (χ0) is 9.40. The van der Waals surface area contributed by atoms with E-state index in [0.717, 1.165) is 6.42 Å². The number of hydrogen-bond acceptors (Lipinski definition) is 3. The summed E-state index contributed by atoms with van der Waals surface area (Å²) in [5, 5.41) is 11.5. The number of nitrogens with two attached hydrogens (primary N) is 1. The van der Waals surface area contributed by atoms with Crippen molar-refractivity contribution in [3.8, 4) is 0 Å². The molecule has 0 aliphatic heterocycles. The standard InChI is InChI=1S/C8H16N2O2/c1-2-6-10-7(8(11)12)4-3-5-9/h2,7,10H,1,3-6,9H2,(H,11,12). The van der Waals surface area contributed by atoms with Gasteiger partial charge in [0.1, 0.15) is 6.04 Å². The molecule has 0 spiro atoms. The fourth-order valence-corrected chi connectivity index (χ4v) is 0.860. The second-order valence-corrected chi connectivity index (χ2v) is 2.52. The second-order valence-electron chi connectivity index (χ2n) is 2.52. The fraction of sp³-hybridized carbons (Fsp3) is 0.625. The van der Waals surface area contributed by atoms with Crippen LogP contribution in [-0.2, 0) is 4.79 Å². The Hall–Kier alpha value is -0.870. The van der Waals surface area contributed by atoms with Crippen molar-refractivity contribution in [1.29, 1.82) is 0 Å². The molecule has 0 fully saturated rings. The van der Waals surface area contributed by atoms with Crippen LogP contribution in [0.4, 0.5) is 0 Å². The minimum absolute atomic E-state index is 0.494. The second kappa shape index (κ2) is 6.82. The molecule has 0 aliphatic carbocycles. The Labute approximate surface area is 72.4 Å². The number of hydrogen-bond donors (Lipinski definition) is 3. The van der Waals surface area contributed by atoms with Gasteiger partial charge < -0.3 is 16.2 Å². The van der Waals surface area contributed by atoms with Gasteiger partial charge in [-0.15, -0.1) is 6.58 Å². The van der Waals surface area contributed by atoms with Crippen molar-refractivity contribution >= 4 is 5.97 Å². The first kappa shape index (κ1) is 11.1. The molecule has 4 nitrogen and oxygen atoms in total. The Bertz CT molecular complexity index is 148. The average molecular weight is 172 g/mol. The lowest BCUT2D eigenvalue weighted by molar-refractivity contribution is -0.139. The fourth-order valence-electron chi connectivity index (χ4n) is 0.860. The SMILES string of the molecule is C=CCNC(CCCN)C(=O)O. The van der Waals surface area contributed by atoms with Crippen molar-refractivity contribution in [3.63, 3.8) is 0 Å². The quantitative estimate of drug-likeness (QED) is 0.471. The first-order valence-corrected chi connectivity index (χ1v) is 3.99. The first-order chi connectivity index (χ1) is 5.72. The molecular formula is C8H16N2O2. The lowest BCUT2D eigenvalue weighted by Gasteiger charge is -2.11. The summed E-state index contributed by atoms with van der Waals surface area (Å²) in [5.41, 5.74) is 5.26. The van der Waals surface area contributed by atoms with E-state index in [2.05, 4.69) is 11.9 Å². The Morgan fingerprint density at radius 1 is 1.75 bits per heavy atom. The monoisotopic (exact) mass is 172 g/mol. The highest BCUT2D eigenvalue weighted by atomic mass is 16.4. The molecule has 0 rings (SSSR count). The van der Waals surface area contributed by atoms with E-state index in [1.165, 1.54) is 0 Å². The van der Waals surface area contributed by atoms with E-state index in [9.17, 15) is 4.79 Å². The number of nitrogens with one attached hydrogen (secondary N) is 1. The number of aliphatic carboxylic acids is 1. The van der Waals surface area contributed by atoms with Crippen LogP contribution in [0.25, 0.3) is 0 Å². The van der Waals surface area contributed by atoms with Gasteiger partial charge in [0.15, 0.2) is 0 Å². The van der Waals surface area contributed by atoms with E-state index >= 15 is 0 Å². The van der Waals surface area contributed by atoms with E-state index in [1.807, 2.05) is 0 Å². The van der Waals surface area contributed by atoms with Crippen LogP contribution in [0, 0.1) is 0 Å². The third-order valence-electron chi connectivity index (χ3n) is 1.50. The van der Waals surface area contributed by atoms with Crippen LogP contribution in [0.15, 0.2) is 12.7 Å². The highest BCUT2D eigenvalue weighted by molar-refractivity contribution is 5.73. The summed E-state index contributed by atoms with van der Waals surface area (Å²) in [4.78, 5) is 10.6. The highest BCUT2D eigenvalue weighted by Crippen LogP contribution is 1.95. The number of carboxylic acids is 1. The predicted molar refractivity (Wildman–Crippen MR) is 47.9 cm³/mol. The van der Waals surface area contributed by atoms with Gasteiger partial charge in [0.05, 0.1) is 0 Å². The third-order valence-corrected chi connectivity index (χ3v) is 1.50. The van der Waals surface area contributed by atoms with Gasteiger partial charge in [0.25, 0.3) is 0 Å². The van der Waals surface area contributed by atoms with Gasteiger partial charge in [0.2, 0.25) is 0 Å². The molecule has 0 aliphatic rings. The molecule has 1 unspecified atom stereocenters. The maximum atomic E-state index is 10.6. The van der Waals surface area contributed by atoms with Gasteiger partial charge in [-0.1, -0.05) is 6.08 Å². The minimum atomic E-state index is -0.828. The zero-order valence-electron chi connectivity index (χ0n) is 7.12. The highest BCUT2D eigenvalue weighted by Gasteiger charge is 2.14. The van der Waals surface area contributed by atoms with Gasteiger partial charge >= 0.3 is 5.97 Å². The molecule has 0 amide bonds. The molecule has 0 bridgehead atoms. The van der Waals surface area contributed by atoms with Crippen LogP contribution in [0.3, 0.4) is 0 Å². The zero-order valence-corrected chi connectivity index (χ0v) is 7.12. The number of carboxylic acid groups (broad SMARTS) is 1. The summed E-state index contributed by atoms with van der Waals surface area (Å²) in [6, 6.07) is -0.494. The first-order valence-electron chi connectivity index (χ1n) is 3.99. The largest absolute Gasteiger partial charge is 0.480 e. The van der Waals surface area contributed by atoms with Crippen molar-refractivity contribution in [3.05, 3.63) is 12.7 Å². The molecule has 0 aromatic heterocycles. The van der Waals surface area contributed by atoms with Crippen molar-refractivity contribution in [2.75, 3.05) is 13.1 Å². The summed E-state index contributed by atoms with van der Waals surface area (Å²) >= 11 is 0. The Kier molecular flexibility index (Phi) is 6.32. The van der Waals surface area contributed by atoms with Crippen LogP contribution in [-0.4, -0.2) is 30.2 Å². The van der Waals surface area contributed by atoms with Crippen molar-refractivity contribution in [2.45, 2.75) is 18.9 Å². The van der Waals surface area contributed by atoms with E-state index in [-0.39, 0.29) is 0 Å². The van der Waals surface area contributed by atoms with Crippen LogP contribution >= 0.6 is 0 Å². The van der Waals surface area contributed by atoms with Crippen molar-refractivity contribution in [1.82, 2.24) is 5.32 Å². The van der Waals surface area contributed by atoms with Crippen LogP contribution in [0.2, 0.25) is 0 Å². The summed E-state index contributed by atoms with van der Waals surface area (Å²) in [6.45, 7) is 4.53. The molecule has 12 heavy (non-hydrogen) atoms. The average Bonchev–Trinajstić information content (AvgIpc) is 2.04. The molecule has 0 heterocycles. The molecule has 0 aromatic carbocycles. The molecule has 0 saturated carbocycles. The molecule has 1 atom stereocenters. The molecule has 70 valence electrons. The van der Waals surface area contributed by atoms with Crippen molar-refractivity contribution in [2.24, 2.45) is 5.73 Å². The van der Waals surface area contributed by atoms with Gasteiger partial charge in [0, 0.05) is 6.54 Å². The van der Waals surface area contributed by atoms with Crippen LogP contribution in [0.5, 0.6) is 0 Å². The predicted octanol–water partition coefficient (Wildman–Crippen LogP) is -0.0459. The summed E-state index contributed by atoms with van der Waals surface area (Å²) in [6.07, 6.45) is 2.93. The van der Waals surface area contributed by atoms with Gasteiger partial charge in [-0.25, -0.2) is 0 Å². The molecular weight excluding hydrogens is 156 g/mol. The Balaban J connectivity index is 3.69. The lowest BCUT2D eigenvalue weighted by Crippen LogP contribution is -2.37. The maximum Gasteiger partial charge on any atom is 0.320 e. The summed E-state index contributed by atoms with van der Waals surface area (Å²) in [5.74, 6) is -0.828. The topological polar surface area (TPSA) is 75.3 Å². The van der Waals surface area contributed by atoms with Gasteiger partial charge in [-0.2, -0.15) is 0 Å². The van der Waals surface area contributed by atoms with Crippen molar-refractivity contribution < 1.29 is 9.90 Å². The van der Waals surface area contributed by atoms with E-state index in [4.69, 9.17) is 10.8 Å². The molecule has 4 heteroatoms. The molecule has 0 saturated heterocycles. The smallest absolute Gasteiger partial charge is 0.320 e. The molecule has 4 N–H and O–H groups in total. The van der Waals surface area contributed by atoms with Gasteiger partial charge in [-0.3, -0.25) is 4.79 Å². The van der Waals surface area contributed by atoms with E-state index in [1.54, 1.807) is 6.08 Å². The summed E-state index contributed by atoms with van der Waals surface area (Å²) in [7, 11) is 0. The maximum absolute atomic E-state index is 10.6. The lowest BCUT2D eigenvalue weighted by atomic mass is 10.1. The number of rotatable bonds is 7. The Morgan fingerprint density at radius 2 is 2.42 bits per heavy atom.